The summed E-state index contributed by atoms with van der Waals surface area (Å²) in [6.45, 7) is 4.43. The van der Waals surface area contributed by atoms with E-state index in [4.69, 9.17) is 4.74 Å². The molecule has 3 heteroatoms. The van der Waals surface area contributed by atoms with Crippen LogP contribution in [0.1, 0.15) is 49.0 Å². The molecule has 1 fully saturated rings. The fourth-order valence-corrected chi connectivity index (χ4v) is 3.61. The number of rotatable bonds is 5. The van der Waals surface area contributed by atoms with E-state index in [0.29, 0.717) is 5.92 Å². The van der Waals surface area contributed by atoms with E-state index in [-0.39, 0.29) is 24.0 Å². The van der Waals surface area contributed by atoms with Crippen LogP contribution in [0.5, 0.6) is 0 Å². The molecular weight excluding hydrogens is 310 g/mol. The van der Waals surface area contributed by atoms with Crippen LogP contribution in [0.15, 0.2) is 54.6 Å². The molecule has 3 nitrogen and oxygen atoms in total. The lowest BCUT2D eigenvalue weighted by molar-refractivity contribution is -0.159. The monoisotopic (exact) mass is 337 g/mol. The molecule has 1 saturated heterocycles. The van der Waals surface area contributed by atoms with Gasteiger partial charge in [0.2, 0.25) is 0 Å². The zero-order chi connectivity index (χ0) is 17.8. The number of nitrogens with one attached hydrogen (secondary N) is 1. The first-order valence-electron chi connectivity index (χ1n) is 9.10. The highest BCUT2D eigenvalue weighted by Gasteiger charge is 2.38. The van der Waals surface area contributed by atoms with Crippen molar-refractivity contribution < 1.29 is 9.53 Å². The lowest BCUT2D eigenvalue weighted by Gasteiger charge is -2.35. The van der Waals surface area contributed by atoms with Crippen molar-refractivity contribution in [3.63, 3.8) is 0 Å². The second-order valence-electron chi connectivity index (χ2n) is 7.29. The molecule has 2 unspecified atom stereocenters. The Morgan fingerprint density at radius 3 is 2.32 bits per heavy atom. The summed E-state index contributed by atoms with van der Waals surface area (Å²) in [5, 5.41) is 3.33. The zero-order valence-corrected chi connectivity index (χ0v) is 15.2. The summed E-state index contributed by atoms with van der Waals surface area (Å²) in [7, 11) is 1.93. The fraction of sp³-hybridized carbons (Fsp3) is 0.409. The van der Waals surface area contributed by atoms with Crippen LogP contribution >= 0.6 is 0 Å². The molecule has 3 rings (SSSR count). The van der Waals surface area contributed by atoms with E-state index in [1.807, 2.05) is 37.4 Å². The highest BCUT2D eigenvalue weighted by atomic mass is 16.5. The normalized spacial score (nSPS) is 23.5. The number of carbonyl (C=O) groups is 1. The SMILES string of the molecule is CN[C@H]1CC(c2ccc(CC(C)C)cc2)C(=O)OC1c1ccccc1. The number of likely N-dealkylation sites (N-methyl/N-ethyl adjacent to an activating group) is 1. The van der Waals surface area contributed by atoms with Crippen molar-refractivity contribution in [2.75, 3.05) is 7.05 Å². The van der Waals surface area contributed by atoms with E-state index in [1.54, 1.807) is 0 Å². The zero-order valence-electron chi connectivity index (χ0n) is 15.2. The molecule has 132 valence electrons. The van der Waals surface area contributed by atoms with Gasteiger partial charge in [0.25, 0.3) is 0 Å². The van der Waals surface area contributed by atoms with Crippen molar-refractivity contribution in [1.82, 2.24) is 5.32 Å². The Morgan fingerprint density at radius 1 is 1.04 bits per heavy atom. The smallest absolute Gasteiger partial charge is 0.314 e. The molecule has 0 aliphatic carbocycles. The molecule has 2 aromatic carbocycles. The van der Waals surface area contributed by atoms with Gasteiger partial charge in [0.1, 0.15) is 6.10 Å². The molecule has 2 aromatic rings. The Labute approximate surface area is 150 Å². The number of hydrogen-bond acceptors (Lipinski definition) is 3. The number of ether oxygens (including phenoxy) is 1. The molecule has 0 saturated carbocycles. The minimum atomic E-state index is -0.227. The molecule has 0 spiro atoms. The second-order valence-corrected chi connectivity index (χ2v) is 7.29. The predicted octanol–water partition coefficient (Wildman–Crippen LogP) is 4.24. The van der Waals surface area contributed by atoms with Gasteiger partial charge in [0.15, 0.2) is 0 Å². The maximum atomic E-state index is 12.7. The lowest BCUT2D eigenvalue weighted by atomic mass is 9.85. The van der Waals surface area contributed by atoms with Crippen LogP contribution in [0.4, 0.5) is 0 Å². The Balaban J connectivity index is 1.77. The molecule has 25 heavy (non-hydrogen) atoms. The van der Waals surface area contributed by atoms with Crippen molar-refractivity contribution >= 4 is 5.97 Å². The third-order valence-corrected chi connectivity index (χ3v) is 4.91. The van der Waals surface area contributed by atoms with Gasteiger partial charge in [-0.25, -0.2) is 0 Å². The molecule has 1 N–H and O–H groups in total. The first-order chi connectivity index (χ1) is 12.1. The Kier molecular flexibility index (Phi) is 5.54. The van der Waals surface area contributed by atoms with Gasteiger partial charge in [-0.2, -0.15) is 0 Å². The van der Waals surface area contributed by atoms with Gasteiger partial charge >= 0.3 is 5.97 Å². The third-order valence-electron chi connectivity index (χ3n) is 4.91. The summed E-state index contributed by atoms with van der Waals surface area (Å²) in [6.07, 6.45) is 1.58. The molecule has 1 heterocycles. The molecule has 3 atom stereocenters. The van der Waals surface area contributed by atoms with Crippen LogP contribution < -0.4 is 5.32 Å². The average Bonchev–Trinajstić information content (AvgIpc) is 2.62. The summed E-state index contributed by atoms with van der Waals surface area (Å²) in [5.74, 6) is 0.299. The highest BCUT2D eigenvalue weighted by Crippen LogP contribution is 2.36. The van der Waals surface area contributed by atoms with Crippen LogP contribution in [-0.4, -0.2) is 19.1 Å². The van der Waals surface area contributed by atoms with E-state index in [1.165, 1.54) is 5.56 Å². The average molecular weight is 337 g/mol. The lowest BCUT2D eigenvalue weighted by Crippen LogP contribution is -2.42. The first kappa shape index (κ1) is 17.7. The fourth-order valence-electron chi connectivity index (χ4n) is 3.61. The standard InChI is InChI=1S/C22H27NO2/c1-15(2)13-16-9-11-17(12-10-16)19-14-20(23-3)21(25-22(19)24)18-7-5-4-6-8-18/h4-12,15,19-21,23H,13-14H2,1-3H3/t19?,20-,21?/m0/s1. The topological polar surface area (TPSA) is 38.3 Å². The quantitative estimate of drug-likeness (QED) is 0.829. The van der Waals surface area contributed by atoms with Crippen LogP contribution in [0.25, 0.3) is 0 Å². The van der Waals surface area contributed by atoms with Gasteiger partial charge in [0, 0.05) is 6.04 Å². The number of hydrogen-bond donors (Lipinski definition) is 1. The van der Waals surface area contributed by atoms with Crippen molar-refractivity contribution in [2.24, 2.45) is 5.92 Å². The van der Waals surface area contributed by atoms with Gasteiger partial charge < -0.3 is 10.1 Å². The van der Waals surface area contributed by atoms with E-state index >= 15 is 0 Å². The number of esters is 1. The van der Waals surface area contributed by atoms with Crippen molar-refractivity contribution in [1.29, 1.82) is 0 Å². The van der Waals surface area contributed by atoms with Crippen molar-refractivity contribution in [2.45, 2.75) is 44.8 Å². The van der Waals surface area contributed by atoms with Crippen LogP contribution in [0.2, 0.25) is 0 Å². The molecule has 0 amide bonds. The van der Waals surface area contributed by atoms with Gasteiger partial charge in [-0.3, -0.25) is 4.79 Å². The number of benzene rings is 2. The van der Waals surface area contributed by atoms with Crippen molar-refractivity contribution in [3.8, 4) is 0 Å². The third kappa shape index (κ3) is 4.10. The van der Waals surface area contributed by atoms with Gasteiger partial charge in [0.05, 0.1) is 5.92 Å². The molecular formula is C22H27NO2. The number of cyclic esters (lactones) is 1. The minimum Gasteiger partial charge on any atom is -0.455 e. The molecule has 0 bridgehead atoms. The van der Waals surface area contributed by atoms with Gasteiger partial charge in [-0.1, -0.05) is 68.4 Å². The Bertz CT molecular complexity index is 694. The molecule has 1 aliphatic rings. The molecule has 1 aliphatic heterocycles. The van der Waals surface area contributed by atoms with Crippen LogP contribution in [0, 0.1) is 5.92 Å². The van der Waals surface area contributed by atoms with Crippen molar-refractivity contribution in [3.05, 3.63) is 71.3 Å². The highest BCUT2D eigenvalue weighted by molar-refractivity contribution is 5.79. The molecule has 0 radical (unpaired) electrons. The predicted molar refractivity (Wildman–Crippen MR) is 100 cm³/mol. The van der Waals surface area contributed by atoms with E-state index in [9.17, 15) is 4.79 Å². The minimum absolute atomic E-state index is 0.112. The maximum Gasteiger partial charge on any atom is 0.314 e. The number of carbonyl (C=O) groups excluding carboxylic acids is 1. The first-order valence-corrected chi connectivity index (χ1v) is 9.10. The van der Waals surface area contributed by atoms with Gasteiger partial charge in [-0.15, -0.1) is 0 Å². The Morgan fingerprint density at radius 2 is 1.72 bits per heavy atom. The summed E-state index contributed by atoms with van der Waals surface area (Å²) in [5.41, 5.74) is 3.40. The Hall–Kier alpha value is -2.13. The van der Waals surface area contributed by atoms with Gasteiger partial charge in [-0.05, 0) is 42.5 Å². The largest absolute Gasteiger partial charge is 0.455 e. The van der Waals surface area contributed by atoms with Crippen LogP contribution in [-0.2, 0) is 16.0 Å². The van der Waals surface area contributed by atoms with E-state index in [2.05, 4.69) is 43.4 Å². The summed E-state index contributed by atoms with van der Waals surface area (Å²) in [4.78, 5) is 12.7. The summed E-state index contributed by atoms with van der Waals surface area (Å²) in [6, 6.07) is 18.5. The van der Waals surface area contributed by atoms with Crippen LogP contribution in [0.3, 0.4) is 0 Å². The summed E-state index contributed by atoms with van der Waals surface area (Å²) >= 11 is 0. The maximum absolute atomic E-state index is 12.7. The molecule has 0 aromatic heterocycles. The summed E-state index contributed by atoms with van der Waals surface area (Å²) < 4.78 is 5.84. The second kappa shape index (κ2) is 7.83. The van der Waals surface area contributed by atoms with E-state index < -0.39 is 0 Å². The van der Waals surface area contributed by atoms with E-state index in [0.717, 1.165) is 24.0 Å².